The van der Waals surface area contributed by atoms with E-state index in [1.807, 2.05) is 5.32 Å². The molecule has 2 aliphatic rings. The lowest BCUT2D eigenvalue weighted by molar-refractivity contribution is -0.0494. The van der Waals surface area contributed by atoms with E-state index in [0.717, 1.165) is 6.92 Å². The highest BCUT2D eigenvalue weighted by atomic mass is 19.3. The van der Waals surface area contributed by atoms with Crippen molar-refractivity contribution in [3.8, 4) is 5.88 Å². The number of fused-ring (bicyclic) bond motifs is 7. The summed E-state index contributed by atoms with van der Waals surface area (Å²) in [5, 5.41) is 11.3. The van der Waals surface area contributed by atoms with Crippen molar-refractivity contribution in [2.24, 2.45) is 0 Å². The maximum Gasteiger partial charge on any atom is 0.407 e. The minimum Gasteiger partial charge on any atom is -0.477 e. The number of alkyl halides is 3. The first-order valence-electron chi connectivity index (χ1n) is 9.81. The van der Waals surface area contributed by atoms with Gasteiger partial charge in [-0.05, 0) is 25.8 Å². The van der Waals surface area contributed by atoms with Gasteiger partial charge in [0, 0.05) is 30.3 Å². The minimum atomic E-state index is -3.31. The fourth-order valence-corrected chi connectivity index (χ4v) is 3.67. The molecule has 12 heteroatoms. The van der Waals surface area contributed by atoms with E-state index in [1.165, 1.54) is 18.3 Å². The molecule has 0 aromatic carbocycles. The van der Waals surface area contributed by atoms with Gasteiger partial charge in [0.1, 0.15) is 12.3 Å². The lowest BCUT2D eigenvalue weighted by atomic mass is 10.0. The molecule has 3 N–H and O–H groups in total. The second-order valence-corrected chi connectivity index (χ2v) is 7.66. The maximum atomic E-state index is 14.9. The van der Waals surface area contributed by atoms with E-state index in [9.17, 15) is 22.4 Å². The quantitative estimate of drug-likeness (QED) is 0.536. The Morgan fingerprint density at radius 1 is 1.29 bits per heavy atom. The Labute approximate surface area is 174 Å². The van der Waals surface area contributed by atoms with Crippen molar-refractivity contribution in [1.29, 1.82) is 0 Å². The molecule has 1 unspecified atom stereocenters. The third-order valence-electron chi connectivity index (χ3n) is 5.48. The Morgan fingerprint density at radius 2 is 2.10 bits per heavy atom. The second-order valence-electron chi connectivity index (χ2n) is 7.66. The van der Waals surface area contributed by atoms with Gasteiger partial charge >= 0.3 is 6.09 Å². The number of H-pyrrole nitrogens is 1. The number of nitrogens with one attached hydrogen (secondary N) is 3. The number of rotatable bonds is 0. The number of ether oxygens (including phenoxy) is 2. The van der Waals surface area contributed by atoms with E-state index in [0.29, 0.717) is 5.69 Å². The zero-order chi connectivity index (χ0) is 22.2. The third kappa shape index (κ3) is 4.52. The Morgan fingerprint density at radius 3 is 2.90 bits per heavy atom. The molecule has 1 fully saturated rings. The Bertz CT molecular complexity index is 956. The van der Waals surface area contributed by atoms with Crippen LogP contribution in [-0.2, 0) is 4.74 Å². The number of anilines is 2. The molecule has 1 aliphatic heterocycles. The molecule has 168 valence electrons. The molecular weight excluding hydrogens is 422 g/mol. The molecule has 6 bridgehead atoms. The first kappa shape index (κ1) is 21.2. The fraction of sp³-hybridized carbons (Fsp3) is 0.526. The average molecular weight is 443 g/mol. The van der Waals surface area contributed by atoms with Crippen molar-refractivity contribution < 1.29 is 31.8 Å². The molecular formula is C19H21F4N5O3. The summed E-state index contributed by atoms with van der Waals surface area (Å²) in [6.07, 6.45) is -3.36. The van der Waals surface area contributed by atoms with Crippen molar-refractivity contribution in [2.45, 2.75) is 56.3 Å². The number of halogens is 4. The highest BCUT2D eigenvalue weighted by Gasteiger charge is 2.42. The van der Waals surface area contributed by atoms with E-state index in [1.54, 1.807) is 0 Å². The number of pyridine rings is 1. The summed E-state index contributed by atoms with van der Waals surface area (Å²) in [6.45, 7) is 0.733. The van der Waals surface area contributed by atoms with Crippen molar-refractivity contribution in [2.75, 3.05) is 11.9 Å². The van der Waals surface area contributed by atoms with Gasteiger partial charge in [-0.1, -0.05) is 0 Å². The third-order valence-corrected chi connectivity index (χ3v) is 5.48. The number of hydrogen-bond donors (Lipinski definition) is 3. The molecule has 0 saturated heterocycles. The summed E-state index contributed by atoms with van der Waals surface area (Å²) in [4.78, 5) is 16.0. The van der Waals surface area contributed by atoms with Crippen LogP contribution in [0.25, 0.3) is 0 Å². The van der Waals surface area contributed by atoms with Crippen LogP contribution < -0.4 is 15.4 Å². The highest BCUT2D eigenvalue weighted by molar-refractivity contribution is 5.68. The van der Waals surface area contributed by atoms with Crippen LogP contribution in [0, 0.1) is 5.82 Å². The molecule has 2 aromatic rings. The van der Waals surface area contributed by atoms with Gasteiger partial charge in [-0.15, -0.1) is 0 Å². The van der Waals surface area contributed by atoms with E-state index in [-0.39, 0.29) is 36.8 Å². The standard InChI is InChI=1S/C19H21F4N5O3/c1-9-19(22,23)3-5-30-14-8-11(2-4-24-14)26-17-15(21)16(27-28-17)10-6-12(20)13(7-10)31-18(29)25-9/h2,4,8-10,12-13H,3,5-7H2,1H3,(H,25,29)(H2,26,27,28)/t9-,10?,12-,13+/m0/s1. The molecule has 3 heterocycles. The maximum absolute atomic E-state index is 14.9. The van der Waals surface area contributed by atoms with Crippen LogP contribution in [0.5, 0.6) is 5.88 Å². The zero-order valence-electron chi connectivity index (χ0n) is 16.5. The number of amides is 1. The molecule has 4 rings (SSSR count). The van der Waals surface area contributed by atoms with Crippen molar-refractivity contribution in [1.82, 2.24) is 20.5 Å². The molecule has 31 heavy (non-hydrogen) atoms. The predicted molar refractivity (Wildman–Crippen MR) is 101 cm³/mol. The molecule has 0 spiro atoms. The van der Waals surface area contributed by atoms with Crippen LogP contribution in [0.2, 0.25) is 0 Å². The van der Waals surface area contributed by atoms with Crippen LogP contribution in [0.4, 0.5) is 33.9 Å². The van der Waals surface area contributed by atoms with Crippen LogP contribution in [0.3, 0.4) is 0 Å². The summed E-state index contributed by atoms with van der Waals surface area (Å²) in [7, 11) is 0. The van der Waals surface area contributed by atoms with Gasteiger partial charge in [0.25, 0.3) is 5.92 Å². The average Bonchev–Trinajstić information content (AvgIpc) is 3.24. The number of aromatic amines is 1. The molecule has 0 radical (unpaired) electrons. The first-order valence-corrected chi connectivity index (χ1v) is 9.81. The largest absolute Gasteiger partial charge is 0.477 e. The fourth-order valence-electron chi connectivity index (χ4n) is 3.67. The van der Waals surface area contributed by atoms with Gasteiger partial charge < -0.3 is 20.1 Å². The van der Waals surface area contributed by atoms with E-state index >= 15 is 0 Å². The molecule has 1 saturated carbocycles. The van der Waals surface area contributed by atoms with Crippen molar-refractivity contribution in [3.63, 3.8) is 0 Å². The smallest absolute Gasteiger partial charge is 0.407 e. The van der Waals surface area contributed by atoms with Crippen LogP contribution in [-0.4, -0.2) is 52.1 Å². The summed E-state index contributed by atoms with van der Waals surface area (Å²) < 4.78 is 68.3. The molecule has 1 amide bonds. The lowest BCUT2D eigenvalue weighted by Gasteiger charge is -2.25. The number of hydrogen-bond acceptors (Lipinski definition) is 6. The number of nitrogens with zero attached hydrogens (tertiary/aromatic N) is 2. The first-order chi connectivity index (χ1) is 14.7. The van der Waals surface area contributed by atoms with Crippen LogP contribution in [0.15, 0.2) is 18.3 Å². The predicted octanol–water partition coefficient (Wildman–Crippen LogP) is 3.80. The van der Waals surface area contributed by atoms with Crippen LogP contribution >= 0.6 is 0 Å². The van der Waals surface area contributed by atoms with Gasteiger partial charge in [-0.25, -0.2) is 27.3 Å². The summed E-state index contributed by atoms with van der Waals surface area (Å²) in [5.74, 6) is -4.68. The number of carbonyl (C=O) groups is 1. The summed E-state index contributed by atoms with van der Waals surface area (Å²) in [5.41, 5.74) is 0.453. The second kappa shape index (κ2) is 8.23. The van der Waals surface area contributed by atoms with Gasteiger partial charge in [0.15, 0.2) is 11.6 Å². The van der Waals surface area contributed by atoms with E-state index in [2.05, 4.69) is 20.5 Å². The van der Waals surface area contributed by atoms with Gasteiger partial charge in [-0.3, -0.25) is 5.10 Å². The molecule has 8 nitrogen and oxygen atoms in total. The summed E-state index contributed by atoms with van der Waals surface area (Å²) >= 11 is 0. The van der Waals surface area contributed by atoms with Gasteiger partial charge in [-0.2, -0.15) is 5.10 Å². The summed E-state index contributed by atoms with van der Waals surface area (Å²) in [6, 6.07) is 1.37. The molecule has 4 atom stereocenters. The number of carbonyl (C=O) groups excluding carboxylic acids is 1. The van der Waals surface area contributed by atoms with Crippen molar-refractivity contribution >= 4 is 17.6 Å². The van der Waals surface area contributed by atoms with Crippen LogP contribution in [0.1, 0.15) is 37.8 Å². The van der Waals surface area contributed by atoms with Gasteiger partial charge in [0.05, 0.1) is 18.3 Å². The van der Waals surface area contributed by atoms with E-state index < -0.39 is 48.5 Å². The monoisotopic (exact) mass is 443 g/mol. The normalized spacial score (nSPS) is 28.4. The number of alkyl carbamates (subject to hydrolysis) is 1. The Hall–Kier alpha value is -3.05. The zero-order valence-corrected chi connectivity index (χ0v) is 16.5. The highest BCUT2D eigenvalue weighted by Crippen LogP contribution is 2.39. The number of aromatic nitrogens is 3. The Kier molecular flexibility index (Phi) is 5.63. The SMILES string of the molecule is C[C@@H]1NC(=O)O[C@@H]2CC(C[C@@H]2F)c2[nH]nc(c2F)Nc2ccnc(c2)OCCC1(F)F. The van der Waals surface area contributed by atoms with Gasteiger partial charge in [0.2, 0.25) is 5.88 Å². The topological polar surface area (TPSA) is 101 Å². The lowest BCUT2D eigenvalue weighted by Crippen LogP contribution is -2.47. The molecule has 1 aliphatic carbocycles. The molecule has 2 aromatic heterocycles. The van der Waals surface area contributed by atoms with E-state index in [4.69, 9.17) is 9.47 Å². The minimum absolute atomic E-state index is 0.00877. The van der Waals surface area contributed by atoms with Crippen molar-refractivity contribution in [3.05, 3.63) is 29.8 Å². The Balaban J connectivity index is 1.62.